The highest BCUT2D eigenvalue weighted by Gasteiger charge is 2.18. The highest BCUT2D eigenvalue weighted by atomic mass is 32.1. The second kappa shape index (κ2) is 6.16. The van der Waals surface area contributed by atoms with Crippen LogP contribution in [0.1, 0.15) is 55.6 Å². The van der Waals surface area contributed by atoms with Crippen LogP contribution in [0.2, 0.25) is 0 Å². The molecule has 0 amide bonds. The molecule has 0 radical (unpaired) electrons. The van der Waals surface area contributed by atoms with Crippen LogP contribution in [0, 0.1) is 6.92 Å². The summed E-state index contributed by atoms with van der Waals surface area (Å²) >= 11 is 1.61. The zero-order valence-electron chi connectivity index (χ0n) is 13.3. The minimum absolute atomic E-state index is 0.0589. The average Bonchev–Trinajstić information content (AvgIpc) is 2.85. The molecule has 1 N–H and O–H groups in total. The lowest BCUT2D eigenvalue weighted by atomic mass is 9.93. The van der Waals surface area contributed by atoms with Gasteiger partial charge in [-0.1, -0.05) is 32.4 Å². The molecular formula is C17H23NO2S. The Hall–Kier alpha value is -1.39. The van der Waals surface area contributed by atoms with Crippen molar-refractivity contribution in [3.05, 3.63) is 45.4 Å². The van der Waals surface area contributed by atoms with Crippen molar-refractivity contribution in [2.24, 2.45) is 0 Å². The van der Waals surface area contributed by atoms with E-state index in [-0.39, 0.29) is 5.41 Å². The molecule has 4 heteroatoms. The molecule has 1 aromatic heterocycles. The van der Waals surface area contributed by atoms with Crippen LogP contribution in [-0.2, 0) is 12.0 Å². The second-order valence-electron chi connectivity index (χ2n) is 6.38. The van der Waals surface area contributed by atoms with E-state index < -0.39 is 6.10 Å². The van der Waals surface area contributed by atoms with E-state index in [1.165, 1.54) is 0 Å². The quantitative estimate of drug-likeness (QED) is 0.911. The molecule has 0 saturated heterocycles. The number of benzene rings is 1. The largest absolute Gasteiger partial charge is 0.486 e. The highest BCUT2D eigenvalue weighted by Crippen LogP contribution is 2.28. The Morgan fingerprint density at radius 3 is 2.62 bits per heavy atom. The van der Waals surface area contributed by atoms with Gasteiger partial charge in [0.05, 0.1) is 11.8 Å². The van der Waals surface area contributed by atoms with E-state index >= 15 is 0 Å². The standard InChI is InChI=1S/C17H23NO2S/c1-11-6-7-14(13(8-11)12(2)19)20-9-16-18-15(10-21-16)17(3,4)5/h6-8,10,12,19H,9H2,1-5H3/t12-/m1/s1. The maximum Gasteiger partial charge on any atom is 0.140 e. The minimum atomic E-state index is -0.540. The van der Waals surface area contributed by atoms with Gasteiger partial charge in [0.15, 0.2) is 0 Å². The van der Waals surface area contributed by atoms with Crippen molar-refractivity contribution in [2.75, 3.05) is 0 Å². The van der Waals surface area contributed by atoms with Gasteiger partial charge in [-0.05, 0) is 26.0 Å². The van der Waals surface area contributed by atoms with Crippen LogP contribution in [0.5, 0.6) is 5.75 Å². The zero-order chi connectivity index (χ0) is 15.6. The van der Waals surface area contributed by atoms with Gasteiger partial charge >= 0.3 is 0 Å². The molecule has 0 aliphatic rings. The van der Waals surface area contributed by atoms with E-state index in [0.29, 0.717) is 6.61 Å². The maximum absolute atomic E-state index is 9.84. The van der Waals surface area contributed by atoms with Gasteiger partial charge in [-0.3, -0.25) is 0 Å². The Labute approximate surface area is 130 Å². The molecule has 2 aromatic rings. The van der Waals surface area contributed by atoms with Crippen LogP contribution in [0.3, 0.4) is 0 Å². The molecule has 0 bridgehead atoms. The molecule has 0 fully saturated rings. The van der Waals surface area contributed by atoms with E-state index in [2.05, 4.69) is 31.1 Å². The molecule has 3 nitrogen and oxygen atoms in total. The van der Waals surface area contributed by atoms with Gasteiger partial charge in [-0.25, -0.2) is 4.98 Å². The van der Waals surface area contributed by atoms with Crippen LogP contribution in [-0.4, -0.2) is 10.1 Å². The number of aryl methyl sites for hydroxylation is 1. The Morgan fingerprint density at radius 1 is 1.33 bits per heavy atom. The summed E-state index contributed by atoms with van der Waals surface area (Å²) in [6, 6.07) is 5.86. The number of ether oxygens (including phenoxy) is 1. The number of hydrogen-bond acceptors (Lipinski definition) is 4. The lowest BCUT2D eigenvalue weighted by Crippen LogP contribution is -2.11. The smallest absolute Gasteiger partial charge is 0.140 e. The Kier molecular flexibility index (Phi) is 4.69. The van der Waals surface area contributed by atoms with Crippen LogP contribution < -0.4 is 4.74 Å². The number of thiazole rings is 1. The predicted molar refractivity (Wildman–Crippen MR) is 87.0 cm³/mol. The van der Waals surface area contributed by atoms with E-state index in [4.69, 9.17) is 4.74 Å². The number of rotatable bonds is 4. The Morgan fingerprint density at radius 2 is 2.05 bits per heavy atom. The van der Waals surface area contributed by atoms with Gasteiger partial charge in [-0.15, -0.1) is 11.3 Å². The van der Waals surface area contributed by atoms with Crippen molar-refractivity contribution < 1.29 is 9.84 Å². The van der Waals surface area contributed by atoms with Gasteiger partial charge < -0.3 is 9.84 Å². The molecule has 0 aliphatic carbocycles. The van der Waals surface area contributed by atoms with Crippen LogP contribution >= 0.6 is 11.3 Å². The maximum atomic E-state index is 9.84. The lowest BCUT2D eigenvalue weighted by molar-refractivity contribution is 0.190. The first-order chi connectivity index (χ1) is 9.77. The van der Waals surface area contributed by atoms with Crippen LogP contribution in [0.25, 0.3) is 0 Å². The van der Waals surface area contributed by atoms with Crippen molar-refractivity contribution in [3.8, 4) is 5.75 Å². The summed E-state index contributed by atoms with van der Waals surface area (Å²) in [7, 11) is 0. The number of aliphatic hydroxyl groups is 1. The fourth-order valence-corrected chi connectivity index (χ4v) is 2.92. The van der Waals surface area contributed by atoms with Crippen molar-refractivity contribution in [2.45, 2.75) is 52.7 Å². The molecule has 1 atom stereocenters. The summed E-state index contributed by atoms with van der Waals surface area (Å²) in [5.41, 5.74) is 3.08. The lowest BCUT2D eigenvalue weighted by Gasteiger charge is -2.15. The van der Waals surface area contributed by atoms with Crippen molar-refractivity contribution >= 4 is 11.3 Å². The first-order valence-corrected chi connectivity index (χ1v) is 8.01. The summed E-state index contributed by atoms with van der Waals surface area (Å²) in [5.74, 6) is 0.725. The van der Waals surface area contributed by atoms with Crippen LogP contribution in [0.15, 0.2) is 23.6 Å². The van der Waals surface area contributed by atoms with Crippen molar-refractivity contribution in [1.29, 1.82) is 0 Å². The van der Waals surface area contributed by atoms with E-state index in [1.807, 2.05) is 25.1 Å². The first kappa shape index (κ1) is 16.0. The summed E-state index contributed by atoms with van der Waals surface area (Å²) in [4.78, 5) is 4.62. The normalized spacial score (nSPS) is 13.2. The minimum Gasteiger partial charge on any atom is -0.486 e. The second-order valence-corrected chi connectivity index (χ2v) is 7.33. The van der Waals surface area contributed by atoms with E-state index in [1.54, 1.807) is 18.3 Å². The monoisotopic (exact) mass is 305 g/mol. The third-order valence-corrected chi connectivity index (χ3v) is 4.11. The number of nitrogens with zero attached hydrogens (tertiary/aromatic N) is 1. The zero-order valence-corrected chi connectivity index (χ0v) is 14.1. The molecule has 114 valence electrons. The van der Waals surface area contributed by atoms with E-state index in [9.17, 15) is 5.11 Å². The van der Waals surface area contributed by atoms with Gasteiger partial charge in [0, 0.05) is 16.4 Å². The van der Waals surface area contributed by atoms with Gasteiger partial charge in [-0.2, -0.15) is 0 Å². The fraction of sp³-hybridized carbons (Fsp3) is 0.471. The molecule has 0 aliphatic heterocycles. The predicted octanol–water partition coefficient (Wildman–Crippen LogP) is 4.38. The SMILES string of the molecule is Cc1ccc(OCc2nc(C(C)(C)C)cs2)c([C@@H](C)O)c1. The van der Waals surface area contributed by atoms with Gasteiger partial charge in [0.25, 0.3) is 0 Å². The van der Waals surface area contributed by atoms with E-state index in [0.717, 1.165) is 27.6 Å². The number of aliphatic hydroxyl groups excluding tert-OH is 1. The summed E-state index contributed by atoms with van der Waals surface area (Å²) in [6.07, 6.45) is -0.540. The fourth-order valence-electron chi connectivity index (χ4n) is 1.99. The summed E-state index contributed by atoms with van der Waals surface area (Å²) in [6.45, 7) is 10.6. The molecule has 0 unspecified atom stereocenters. The summed E-state index contributed by atoms with van der Waals surface area (Å²) < 4.78 is 5.85. The topological polar surface area (TPSA) is 42.4 Å². The average molecular weight is 305 g/mol. The molecular weight excluding hydrogens is 282 g/mol. The molecule has 21 heavy (non-hydrogen) atoms. The number of aromatic nitrogens is 1. The van der Waals surface area contributed by atoms with Gasteiger partial charge in [0.1, 0.15) is 17.4 Å². The molecule has 1 aromatic carbocycles. The summed E-state index contributed by atoms with van der Waals surface area (Å²) in [5, 5.41) is 12.9. The van der Waals surface area contributed by atoms with Crippen molar-refractivity contribution in [1.82, 2.24) is 4.98 Å². The highest BCUT2D eigenvalue weighted by molar-refractivity contribution is 7.09. The van der Waals surface area contributed by atoms with Crippen molar-refractivity contribution in [3.63, 3.8) is 0 Å². The number of hydrogen-bond donors (Lipinski definition) is 1. The third kappa shape index (κ3) is 4.05. The molecule has 1 heterocycles. The van der Waals surface area contributed by atoms with Gasteiger partial charge in [0.2, 0.25) is 0 Å². The molecule has 0 saturated carbocycles. The Balaban J connectivity index is 2.12. The van der Waals surface area contributed by atoms with Crippen LogP contribution in [0.4, 0.5) is 0 Å². The molecule has 2 rings (SSSR count). The Bertz CT molecular complexity index is 611. The first-order valence-electron chi connectivity index (χ1n) is 7.13. The third-order valence-electron chi connectivity index (χ3n) is 3.29. The molecule has 0 spiro atoms.